The Hall–Kier alpha value is -2.57. The highest BCUT2D eigenvalue weighted by Crippen LogP contribution is 2.10. The SMILES string of the molecule is O=C(O)C[C@H](NC(=O)Cc1ccc(O)cc1)C(=O)O. The summed E-state index contributed by atoms with van der Waals surface area (Å²) in [5.41, 5.74) is 0.578. The maximum Gasteiger partial charge on any atom is 0.326 e. The van der Waals surface area contributed by atoms with Crippen LogP contribution in [0.3, 0.4) is 0 Å². The summed E-state index contributed by atoms with van der Waals surface area (Å²) >= 11 is 0. The van der Waals surface area contributed by atoms with E-state index in [1.165, 1.54) is 24.3 Å². The lowest BCUT2D eigenvalue weighted by Gasteiger charge is -2.12. The van der Waals surface area contributed by atoms with E-state index in [2.05, 4.69) is 5.32 Å². The Morgan fingerprint density at radius 3 is 2.16 bits per heavy atom. The molecule has 102 valence electrons. The highest BCUT2D eigenvalue weighted by molar-refractivity contribution is 5.87. The Balaban J connectivity index is 2.59. The molecule has 0 radical (unpaired) electrons. The zero-order valence-electron chi connectivity index (χ0n) is 9.87. The zero-order chi connectivity index (χ0) is 14.4. The summed E-state index contributed by atoms with van der Waals surface area (Å²) in [7, 11) is 0. The zero-order valence-corrected chi connectivity index (χ0v) is 9.87. The van der Waals surface area contributed by atoms with Crippen LogP contribution in [0.4, 0.5) is 0 Å². The molecule has 0 heterocycles. The van der Waals surface area contributed by atoms with Gasteiger partial charge in [0, 0.05) is 0 Å². The second-order valence-corrected chi connectivity index (χ2v) is 3.90. The van der Waals surface area contributed by atoms with Crippen molar-refractivity contribution in [3.63, 3.8) is 0 Å². The summed E-state index contributed by atoms with van der Waals surface area (Å²) in [6, 6.07) is 4.37. The number of phenols is 1. The summed E-state index contributed by atoms with van der Waals surface area (Å²) in [6.45, 7) is 0. The number of carbonyl (C=O) groups excluding carboxylic acids is 1. The fourth-order valence-corrected chi connectivity index (χ4v) is 1.42. The second kappa shape index (κ2) is 6.39. The standard InChI is InChI=1S/C12H13NO6/c14-8-3-1-7(2-4-8)5-10(15)13-9(12(18)19)6-11(16)17/h1-4,9,14H,5-6H2,(H,13,15)(H,16,17)(H,18,19)/t9-/m0/s1. The van der Waals surface area contributed by atoms with Crippen molar-refractivity contribution < 1.29 is 29.7 Å². The van der Waals surface area contributed by atoms with Crippen LogP contribution in [0.2, 0.25) is 0 Å². The van der Waals surface area contributed by atoms with Gasteiger partial charge < -0.3 is 20.6 Å². The molecule has 0 aliphatic heterocycles. The summed E-state index contributed by atoms with van der Waals surface area (Å²) in [4.78, 5) is 32.8. The minimum absolute atomic E-state index is 0.0541. The molecule has 0 fully saturated rings. The van der Waals surface area contributed by atoms with Crippen molar-refractivity contribution >= 4 is 17.8 Å². The van der Waals surface area contributed by atoms with Crippen LogP contribution in [0.15, 0.2) is 24.3 Å². The average Bonchev–Trinajstić information content (AvgIpc) is 2.30. The third-order valence-electron chi connectivity index (χ3n) is 2.31. The predicted octanol–water partition coefficient (Wildman–Crippen LogP) is -0.0212. The van der Waals surface area contributed by atoms with E-state index in [1.807, 2.05) is 0 Å². The number of hydrogen-bond donors (Lipinski definition) is 4. The first-order valence-corrected chi connectivity index (χ1v) is 5.40. The molecule has 1 aromatic rings. The average molecular weight is 267 g/mol. The van der Waals surface area contributed by atoms with Crippen molar-refractivity contribution in [1.29, 1.82) is 0 Å². The van der Waals surface area contributed by atoms with Gasteiger partial charge in [-0.3, -0.25) is 9.59 Å². The number of carboxylic acid groups (broad SMARTS) is 2. The molecule has 0 aromatic heterocycles. The Morgan fingerprint density at radius 2 is 1.68 bits per heavy atom. The number of hydrogen-bond acceptors (Lipinski definition) is 4. The molecule has 1 atom stereocenters. The molecule has 1 rings (SSSR count). The predicted molar refractivity (Wildman–Crippen MR) is 63.6 cm³/mol. The van der Waals surface area contributed by atoms with Crippen LogP contribution in [0, 0.1) is 0 Å². The minimum Gasteiger partial charge on any atom is -0.508 e. The Morgan fingerprint density at radius 1 is 1.11 bits per heavy atom. The molecule has 0 bridgehead atoms. The summed E-state index contributed by atoms with van der Waals surface area (Å²) in [5.74, 6) is -3.25. The van der Waals surface area contributed by atoms with Crippen molar-refractivity contribution in [3.05, 3.63) is 29.8 Å². The number of amides is 1. The lowest BCUT2D eigenvalue weighted by molar-refractivity contribution is -0.147. The maximum absolute atomic E-state index is 11.6. The van der Waals surface area contributed by atoms with Crippen molar-refractivity contribution in [2.24, 2.45) is 0 Å². The van der Waals surface area contributed by atoms with Crippen molar-refractivity contribution in [2.45, 2.75) is 18.9 Å². The van der Waals surface area contributed by atoms with Gasteiger partial charge in [0.05, 0.1) is 12.8 Å². The van der Waals surface area contributed by atoms with Crippen LogP contribution in [0.1, 0.15) is 12.0 Å². The van der Waals surface area contributed by atoms with E-state index in [-0.39, 0.29) is 12.2 Å². The number of aliphatic carboxylic acids is 2. The van der Waals surface area contributed by atoms with Gasteiger partial charge in [-0.25, -0.2) is 4.79 Å². The molecule has 0 unspecified atom stereocenters. The van der Waals surface area contributed by atoms with E-state index in [9.17, 15) is 14.4 Å². The minimum atomic E-state index is -1.46. The molecule has 7 heteroatoms. The smallest absolute Gasteiger partial charge is 0.326 e. The molecular formula is C12H13NO6. The molecule has 4 N–H and O–H groups in total. The number of benzene rings is 1. The lowest BCUT2D eigenvalue weighted by atomic mass is 10.1. The number of carbonyl (C=O) groups is 3. The monoisotopic (exact) mass is 267 g/mol. The normalized spacial score (nSPS) is 11.6. The van der Waals surface area contributed by atoms with Gasteiger partial charge in [0.1, 0.15) is 11.8 Å². The molecule has 0 aliphatic carbocycles. The Kier molecular flexibility index (Phi) is 4.87. The van der Waals surface area contributed by atoms with Crippen LogP contribution in [-0.4, -0.2) is 39.2 Å². The topological polar surface area (TPSA) is 124 Å². The molecule has 0 saturated heterocycles. The lowest BCUT2D eigenvalue weighted by Crippen LogP contribution is -2.42. The van der Waals surface area contributed by atoms with Gasteiger partial charge in [-0.15, -0.1) is 0 Å². The van der Waals surface area contributed by atoms with Gasteiger partial charge in [0.2, 0.25) is 5.91 Å². The summed E-state index contributed by atoms with van der Waals surface area (Å²) < 4.78 is 0. The van der Waals surface area contributed by atoms with Crippen LogP contribution in [0.25, 0.3) is 0 Å². The number of aromatic hydroxyl groups is 1. The van der Waals surface area contributed by atoms with E-state index in [0.29, 0.717) is 5.56 Å². The first-order valence-electron chi connectivity index (χ1n) is 5.40. The number of nitrogens with one attached hydrogen (secondary N) is 1. The maximum atomic E-state index is 11.6. The summed E-state index contributed by atoms with van der Waals surface area (Å²) in [6.07, 6.45) is -0.777. The van der Waals surface area contributed by atoms with E-state index in [4.69, 9.17) is 15.3 Å². The highest BCUT2D eigenvalue weighted by atomic mass is 16.4. The molecule has 19 heavy (non-hydrogen) atoms. The third-order valence-corrected chi connectivity index (χ3v) is 2.31. The van der Waals surface area contributed by atoms with Crippen molar-refractivity contribution in [2.75, 3.05) is 0 Å². The first kappa shape index (κ1) is 14.5. The quantitative estimate of drug-likeness (QED) is 0.574. The Labute approximate surface area is 108 Å². The van der Waals surface area contributed by atoms with Crippen molar-refractivity contribution in [1.82, 2.24) is 5.32 Å². The fourth-order valence-electron chi connectivity index (χ4n) is 1.42. The Bertz CT molecular complexity index is 481. The number of carboxylic acids is 2. The largest absolute Gasteiger partial charge is 0.508 e. The van der Waals surface area contributed by atoms with E-state index >= 15 is 0 Å². The van der Waals surface area contributed by atoms with Gasteiger partial charge in [0.25, 0.3) is 0 Å². The second-order valence-electron chi connectivity index (χ2n) is 3.90. The van der Waals surface area contributed by atoms with Gasteiger partial charge in [-0.2, -0.15) is 0 Å². The van der Waals surface area contributed by atoms with Gasteiger partial charge in [0.15, 0.2) is 0 Å². The van der Waals surface area contributed by atoms with E-state index in [0.717, 1.165) is 0 Å². The van der Waals surface area contributed by atoms with Crippen molar-refractivity contribution in [3.8, 4) is 5.75 Å². The van der Waals surface area contributed by atoms with E-state index in [1.54, 1.807) is 0 Å². The molecule has 0 saturated carbocycles. The molecular weight excluding hydrogens is 254 g/mol. The van der Waals surface area contributed by atoms with E-state index < -0.39 is 30.3 Å². The van der Waals surface area contributed by atoms with Gasteiger partial charge in [-0.1, -0.05) is 12.1 Å². The molecule has 1 aromatic carbocycles. The summed E-state index contributed by atoms with van der Waals surface area (Å²) in [5, 5.41) is 28.5. The van der Waals surface area contributed by atoms with Crippen LogP contribution >= 0.6 is 0 Å². The van der Waals surface area contributed by atoms with Crippen LogP contribution < -0.4 is 5.32 Å². The van der Waals surface area contributed by atoms with Gasteiger partial charge in [-0.05, 0) is 17.7 Å². The number of phenolic OH excluding ortho intramolecular Hbond substituents is 1. The molecule has 0 spiro atoms. The highest BCUT2D eigenvalue weighted by Gasteiger charge is 2.22. The molecule has 1 amide bonds. The number of rotatable bonds is 6. The van der Waals surface area contributed by atoms with Crippen LogP contribution in [-0.2, 0) is 20.8 Å². The third kappa shape index (κ3) is 5.07. The molecule has 0 aliphatic rings. The first-order chi connectivity index (χ1) is 8.88. The molecule has 7 nitrogen and oxygen atoms in total. The van der Waals surface area contributed by atoms with Crippen LogP contribution in [0.5, 0.6) is 5.75 Å². The fraction of sp³-hybridized carbons (Fsp3) is 0.250. The van der Waals surface area contributed by atoms with Gasteiger partial charge >= 0.3 is 11.9 Å².